The Morgan fingerprint density at radius 3 is 2.68 bits per heavy atom. The summed E-state index contributed by atoms with van der Waals surface area (Å²) in [5.74, 6) is 0.258. The molecule has 22 heavy (non-hydrogen) atoms. The molecule has 0 aliphatic heterocycles. The highest BCUT2D eigenvalue weighted by molar-refractivity contribution is 5.88. The van der Waals surface area contributed by atoms with E-state index < -0.39 is 0 Å². The largest absolute Gasteiger partial charge is 0.508 e. The van der Waals surface area contributed by atoms with E-state index in [1.807, 2.05) is 42.6 Å². The van der Waals surface area contributed by atoms with Crippen LogP contribution in [0.3, 0.4) is 0 Å². The first-order chi connectivity index (χ1) is 10.7. The number of hydrogen-bond donors (Lipinski definition) is 3. The molecule has 0 unspecified atom stereocenters. The SMILES string of the molecule is O=C(Cc1c[nH]c2ccccc12)NCCc1ccccc1O. The van der Waals surface area contributed by atoms with Crippen LogP contribution in [0.4, 0.5) is 0 Å². The van der Waals surface area contributed by atoms with Crippen molar-refractivity contribution in [1.29, 1.82) is 0 Å². The van der Waals surface area contributed by atoms with E-state index in [1.54, 1.807) is 12.1 Å². The van der Waals surface area contributed by atoms with E-state index in [9.17, 15) is 9.90 Å². The predicted octanol–water partition coefficient (Wildman–Crippen LogP) is 2.77. The molecule has 4 heteroatoms. The van der Waals surface area contributed by atoms with Crippen LogP contribution in [-0.2, 0) is 17.6 Å². The quantitative estimate of drug-likeness (QED) is 0.677. The summed E-state index contributed by atoms with van der Waals surface area (Å²) in [6.07, 6.45) is 2.85. The fourth-order valence-electron chi connectivity index (χ4n) is 2.57. The molecule has 1 amide bonds. The standard InChI is InChI=1S/C18H18N2O2/c21-17-8-4-1-5-13(17)9-10-19-18(22)11-14-12-20-16-7-3-2-6-15(14)16/h1-8,12,20-21H,9-11H2,(H,19,22). The van der Waals surface area contributed by atoms with Crippen molar-refractivity contribution in [2.45, 2.75) is 12.8 Å². The van der Waals surface area contributed by atoms with E-state index in [0.29, 0.717) is 19.4 Å². The molecule has 2 aromatic carbocycles. The lowest BCUT2D eigenvalue weighted by Gasteiger charge is -2.06. The number of aromatic hydroxyl groups is 1. The van der Waals surface area contributed by atoms with Gasteiger partial charge in [-0.1, -0.05) is 36.4 Å². The number of nitrogens with one attached hydrogen (secondary N) is 2. The van der Waals surface area contributed by atoms with E-state index in [1.165, 1.54) is 0 Å². The van der Waals surface area contributed by atoms with Gasteiger partial charge in [0.1, 0.15) is 5.75 Å². The van der Waals surface area contributed by atoms with Crippen molar-refractivity contribution in [3.63, 3.8) is 0 Å². The van der Waals surface area contributed by atoms with Gasteiger partial charge in [0, 0.05) is 23.6 Å². The van der Waals surface area contributed by atoms with Gasteiger partial charge in [0.25, 0.3) is 0 Å². The molecule has 3 N–H and O–H groups in total. The van der Waals surface area contributed by atoms with Crippen LogP contribution in [0.1, 0.15) is 11.1 Å². The fourth-order valence-corrected chi connectivity index (χ4v) is 2.57. The number of para-hydroxylation sites is 2. The van der Waals surface area contributed by atoms with Crippen molar-refractivity contribution < 1.29 is 9.90 Å². The molecule has 3 aromatic rings. The lowest BCUT2D eigenvalue weighted by Crippen LogP contribution is -2.27. The molecule has 1 heterocycles. The number of carbonyl (C=O) groups excluding carboxylic acids is 1. The van der Waals surface area contributed by atoms with E-state index in [4.69, 9.17) is 0 Å². The minimum absolute atomic E-state index is 0.0137. The Morgan fingerprint density at radius 1 is 1.05 bits per heavy atom. The summed E-state index contributed by atoms with van der Waals surface area (Å²) in [6, 6.07) is 15.1. The first-order valence-electron chi connectivity index (χ1n) is 7.32. The van der Waals surface area contributed by atoms with Crippen molar-refractivity contribution in [2.24, 2.45) is 0 Å². The number of phenols is 1. The number of rotatable bonds is 5. The maximum atomic E-state index is 12.0. The van der Waals surface area contributed by atoms with Gasteiger partial charge in [0.05, 0.1) is 6.42 Å². The smallest absolute Gasteiger partial charge is 0.224 e. The summed E-state index contributed by atoms with van der Waals surface area (Å²) < 4.78 is 0. The van der Waals surface area contributed by atoms with Gasteiger partial charge in [-0.2, -0.15) is 0 Å². The zero-order valence-electron chi connectivity index (χ0n) is 12.2. The molecule has 1 aromatic heterocycles. The van der Waals surface area contributed by atoms with Gasteiger partial charge in [0.2, 0.25) is 5.91 Å². The molecule has 0 aliphatic carbocycles. The van der Waals surface area contributed by atoms with Gasteiger partial charge in [-0.3, -0.25) is 4.79 Å². The van der Waals surface area contributed by atoms with E-state index in [-0.39, 0.29) is 11.7 Å². The lowest BCUT2D eigenvalue weighted by atomic mass is 10.1. The van der Waals surface area contributed by atoms with E-state index in [2.05, 4.69) is 10.3 Å². The van der Waals surface area contributed by atoms with Gasteiger partial charge < -0.3 is 15.4 Å². The third-order valence-electron chi connectivity index (χ3n) is 3.73. The highest BCUT2D eigenvalue weighted by Crippen LogP contribution is 2.18. The predicted molar refractivity (Wildman–Crippen MR) is 86.8 cm³/mol. The Bertz CT molecular complexity index is 792. The second-order valence-electron chi connectivity index (χ2n) is 5.26. The number of phenolic OH excluding ortho intramolecular Hbond substituents is 1. The van der Waals surface area contributed by atoms with Gasteiger partial charge in [-0.25, -0.2) is 0 Å². The molecule has 0 bridgehead atoms. The third kappa shape index (κ3) is 3.11. The number of aromatic amines is 1. The number of hydrogen-bond acceptors (Lipinski definition) is 2. The Labute approximate surface area is 128 Å². The zero-order chi connectivity index (χ0) is 15.4. The summed E-state index contributed by atoms with van der Waals surface area (Å²) >= 11 is 0. The van der Waals surface area contributed by atoms with Crippen molar-refractivity contribution in [3.8, 4) is 5.75 Å². The van der Waals surface area contributed by atoms with E-state index in [0.717, 1.165) is 22.0 Å². The molecule has 3 rings (SSSR count). The van der Waals surface area contributed by atoms with Crippen LogP contribution in [0.5, 0.6) is 5.75 Å². The summed E-state index contributed by atoms with van der Waals surface area (Å²) in [6.45, 7) is 0.513. The van der Waals surface area contributed by atoms with Crippen molar-refractivity contribution >= 4 is 16.8 Å². The van der Waals surface area contributed by atoms with E-state index >= 15 is 0 Å². The van der Waals surface area contributed by atoms with Crippen LogP contribution in [0.25, 0.3) is 10.9 Å². The second-order valence-corrected chi connectivity index (χ2v) is 5.26. The number of benzene rings is 2. The van der Waals surface area contributed by atoms with Crippen LogP contribution in [0, 0.1) is 0 Å². The number of carbonyl (C=O) groups is 1. The monoisotopic (exact) mass is 294 g/mol. The molecule has 4 nitrogen and oxygen atoms in total. The maximum absolute atomic E-state index is 12.0. The summed E-state index contributed by atoms with van der Waals surface area (Å²) in [7, 11) is 0. The zero-order valence-corrected chi connectivity index (χ0v) is 12.2. The molecular formula is C18H18N2O2. The number of H-pyrrole nitrogens is 1. The Morgan fingerprint density at radius 2 is 1.82 bits per heavy atom. The van der Waals surface area contributed by atoms with Crippen LogP contribution in [0.15, 0.2) is 54.7 Å². The summed E-state index contributed by atoms with van der Waals surface area (Å²) in [5.41, 5.74) is 2.88. The Kier molecular flexibility index (Phi) is 4.10. The molecule has 0 aliphatic rings. The van der Waals surface area contributed by atoms with Crippen LogP contribution < -0.4 is 5.32 Å². The average molecular weight is 294 g/mol. The molecule has 0 spiro atoms. The Balaban J connectivity index is 1.56. The van der Waals surface area contributed by atoms with Gasteiger partial charge in [-0.05, 0) is 29.7 Å². The Hall–Kier alpha value is -2.75. The van der Waals surface area contributed by atoms with Crippen molar-refractivity contribution in [1.82, 2.24) is 10.3 Å². The molecule has 0 saturated carbocycles. The lowest BCUT2D eigenvalue weighted by molar-refractivity contribution is -0.120. The van der Waals surface area contributed by atoms with Crippen molar-refractivity contribution in [2.75, 3.05) is 6.54 Å². The minimum atomic E-state index is -0.0137. The third-order valence-corrected chi connectivity index (χ3v) is 3.73. The number of aromatic nitrogens is 1. The first-order valence-corrected chi connectivity index (χ1v) is 7.32. The molecule has 112 valence electrons. The minimum Gasteiger partial charge on any atom is -0.508 e. The molecular weight excluding hydrogens is 276 g/mol. The first kappa shape index (κ1) is 14.2. The normalized spacial score (nSPS) is 10.7. The second kappa shape index (κ2) is 6.35. The highest BCUT2D eigenvalue weighted by atomic mass is 16.3. The fraction of sp³-hybridized carbons (Fsp3) is 0.167. The van der Waals surface area contributed by atoms with Crippen LogP contribution in [-0.4, -0.2) is 22.5 Å². The number of fused-ring (bicyclic) bond motifs is 1. The highest BCUT2D eigenvalue weighted by Gasteiger charge is 2.08. The molecule has 0 radical (unpaired) electrons. The molecule has 0 fully saturated rings. The topological polar surface area (TPSA) is 65.1 Å². The van der Waals surface area contributed by atoms with Crippen molar-refractivity contribution in [3.05, 3.63) is 65.9 Å². The van der Waals surface area contributed by atoms with Crippen LogP contribution >= 0.6 is 0 Å². The summed E-state index contributed by atoms with van der Waals surface area (Å²) in [5, 5.41) is 13.7. The van der Waals surface area contributed by atoms with Gasteiger partial charge in [0.15, 0.2) is 0 Å². The average Bonchev–Trinajstić information content (AvgIpc) is 2.92. The molecule has 0 saturated heterocycles. The van der Waals surface area contributed by atoms with Gasteiger partial charge >= 0.3 is 0 Å². The van der Waals surface area contributed by atoms with Gasteiger partial charge in [-0.15, -0.1) is 0 Å². The molecule has 0 atom stereocenters. The number of amides is 1. The van der Waals surface area contributed by atoms with Crippen LogP contribution in [0.2, 0.25) is 0 Å². The maximum Gasteiger partial charge on any atom is 0.224 e. The summed E-state index contributed by atoms with van der Waals surface area (Å²) in [4.78, 5) is 15.2.